The smallest absolute Gasteiger partial charge is 0.270 e. The van der Waals surface area contributed by atoms with E-state index in [1.54, 1.807) is 11.7 Å². The van der Waals surface area contributed by atoms with Crippen molar-refractivity contribution in [2.24, 2.45) is 7.05 Å². The fraction of sp³-hybridized carbons (Fsp3) is 0.383. The number of aromatic nitrogens is 6. The van der Waals surface area contributed by atoms with Crippen LogP contribution in [0.5, 0.6) is 0 Å². The molecule has 0 radical (unpaired) electrons. The highest BCUT2D eigenvalue weighted by atomic mass is 32.1. The molecule has 4 N–H and O–H groups in total. The van der Waals surface area contributed by atoms with Crippen molar-refractivity contribution >= 4 is 78.6 Å². The lowest BCUT2D eigenvalue weighted by molar-refractivity contribution is -0.134. The molecule has 400 valence electrons. The van der Waals surface area contributed by atoms with E-state index in [1.807, 2.05) is 90.6 Å². The van der Waals surface area contributed by atoms with Gasteiger partial charge in [0.15, 0.2) is 5.13 Å². The Kier molecular flexibility index (Phi) is 17.5. The minimum absolute atomic E-state index is 0.0562. The molecule has 16 nitrogen and oxygen atoms in total. The van der Waals surface area contributed by atoms with Gasteiger partial charge in [0.1, 0.15) is 11.5 Å². The standard InChI is InChI=1S/C60H69N11O5S/c1-6-38(3)40(7-2)36-71-39(4)46(35-62-71)42-28-30-51(70-34-32-41-21-19-22-43(47(41)37-70)57(74)67-60-64-48-24-16-17-26-50(48)77-60)65-55(42)59(76)61-33-18-14-12-10-8-9-11-13-15-27-52(72)63-49-25-20-23-44-54(68-69(5)56(44)49)45-29-31-53(73)66-58(45)75/h6,16-17,19-26,28,30,35,45H,1,7-15,18,27,29,31-34,36-37H2,2-5H3,(H,61,76)(H,63,72)(H,64,67,74)(H,66,73,75)/b40-38+. The van der Waals surface area contributed by atoms with Crippen molar-refractivity contribution in [3.05, 3.63) is 137 Å². The van der Waals surface area contributed by atoms with Crippen LogP contribution in [0.2, 0.25) is 0 Å². The van der Waals surface area contributed by atoms with Crippen molar-refractivity contribution in [1.29, 1.82) is 0 Å². The number of para-hydroxylation sites is 2. The van der Waals surface area contributed by atoms with E-state index in [9.17, 15) is 24.0 Å². The summed E-state index contributed by atoms with van der Waals surface area (Å²) in [6.45, 7) is 12.5. The molecular weight excluding hydrogens is 987 g/mol. The van der Waals surface area contributed by atoms with E-state index in [-0.39, 0.29) is 36.0 Å². The van der Waals surface area contributed by atoms with E-state index in [2.05, 4.69) is 62.7 Å². The first-order valence-electron chi connectivity index (χ1n) is 27.2. The summed E-state index contributed by atoms with van der Waals surface area (Å²) < 4.78 is 4.69. The highest BCUT2D eigenvalue weighted by molar-refractivity contribution is 7.22. The molecule has 1 atom stereocenters. The molecule has 1 fully saturated rings. The number of aryl methyl sites for hydroxylation is 1. The summed E-state index contributed by atoms with van der Waals surface area (Å²) in [6.07, 6.45) is 15.4. The van der Waals surface area contributed by atoms with Gasteiger partial charge in [0, 0.05) is 67.3 Å². The third-order valence-electron chi connectivity index (χ3n) is 15.1. The highest BCUT2D eigenvalue weighted by Crippen LogP contribution is 2.35. The summed E-state index contributed by atoms with van der Waals surface area (Å²) in [5, 5.41) is 22.5. The first kappa shape index (κ1) is 54.0. The van der Waals surface area contributed by atoms with E-state index < -0.39 is 5.92 Å². The van der Waals surface area contributed by atoms with Crippen LogP contribution in [0.15, 0.2) is 103 Å². The molecule has 9 rings (SSSR count). The molecular formula is C60H69N11O5S. The normalized spacial score (nSPS) is 14.8. The van der Waals surface area contributed by atoms with Crippen molar-refractivity contribution in [2.75, 3.05) is 28.6 Å². The molecule has 3 aromatic carbocycles. The van der Waals surface area contributed by atoms with Crippen LogP contribution in [0, 0.1) is 6.92 Å². The van der Waals surface area contributed by atoms with Crippen LogP contribution in [0.4, 0.5) is 16.6 Å². The fourth-order valence-corrected chi connectivity index (χ4v) is 11.5. The quantitative estimate of drug-likeness (QED) is 0.0272. The lowest BCUT2D eigenvalue weighted by atomic mass is 9.92. The average Bonchev–Trinajstić information content (AvgIpc) is 4.13. The number of allylic oxidation sites excluding steroid dienone is 3. The number of imide groups is 1. The van der Waals surface area contributed by atoms with Gasteiger partial charge in [0.2, 0.25) is 17.7 Å². The number of benzene rings is 3. The van der Waals surface area contributed by atoms with Crippen molar-refractivity contribution < 1.29 is 24.0 Å². The Morgan fingerprint density at radius 3 is 2.39 bits per heavy atom. The number of piperidine rings is 1. The zero-order chi connectivity index (χ0) is 54.0. The molecule has 0 spiro atoms. The third kappa shape index (κ3) is 12.6. The third-order valence-corrected chi connectivity index (χ3v) is 16.0. The summed E-state index contributed by atoms with van der Waals surface area (Å²) in [4.78, 5) is 77.4. The molecule has 2 aliphatic rings. The minimum atomic E-state index is -0.510. The molecule has 0 bridgehead atoms. The molecule has 17 heteroatoms. The number of anilines is 3. The number of thiazole rings is 1. The van der Waals surface area contributed by atoms with Crippen LogP contribution in [-0.4, -0.2) is 72.2 Å². The molecule has 1 unspecified atom stereocenters. The number of nitrogens with zero attached hydrogens (tertiary/aromatic N) is 7. The van der Waals surface area contributed by atoms with E-state index in [0.29, 0.717) is 72.6 Å². The first-order valence-corrected chi connectivity index (χ1v) is 28.0. The molecule has 4 aromatic heterocycles. The van der Waals surface area contributed by atoms with Gasteiger partial charge in [-0.15, -0.1) is 0 Å². The van der Waals surface area contributed by atoms with Crippen LogP contribution < -0.4 is 26.2 Å². The van der Waals surface area contributed by atoms with Crippen molar-refractivity contribution in [3.63, 3.8) is 0 Å². The van der Waals surface area contributed by atoms with Crippen LogP contribution >= 0.6 is 11.3 Å². The molecule has 0 saturated carbocycles. The Morgan fingerprint density at radius 2 is 1.62 bits per heavy atom. The molecule has 6 heterocycles. The monoisotopic (exact) mass is 1060 g/mol. The number of hydrogen-bond donors (Lipinski definition) is 4. The van der Waals surface area contributed by atoms with Gasteiger partial charge >= 0.3 is 0 Å². The number of fused-ring (bicyclic) bond motifs is 3. The number of unbranched alkanes of at least 4 members (excludes halogenated alkanes) is 8. The molecule has 0 aliphatic carbocycles. The number of carbonyl (C=O) groups is 5. The SMILES string of the molecule is C=C/C(C)=C(\CC)Cn1ncc(-c2ccc(N3CCc4cccc(C(=O)Nc5nc6ccccc6s5)c4C3)nc2C(=O)NCCCCCCCCCCCC(=O)Nc2cccc3c(C4CCC(=O)NC4=O)nn(C)c23)c1C. The Hall–Kier alpha value is -7.79. The first-order chi connectivity index (χ1) is 37.4. The van der Waals surface area contributed by atoms with E-state index in [4.69, 9.17) is 10.1 Å². The van der Waals surface area contributed by atoms with Gasteiger partial charge in [-0.05, 0) is 99.0 Å². The second-order valence-electron chi connectivity index (χ2n) is 20.2. The second kappa shape index (κ2) is 24.9. The van der Waals surface area contributed by atoms with Crippen LogP contribution in [0.1, 0.15) is 147 Å². The van der Waals surface area contributed by atoms with Crippen LogP contribution in [0.3, 0.4) is 0 Å². The second-order valence-corrected chi connectivity index (χ2v) is 21.2. The molecule has 1 saturated heterocycles. The van der Waals surface area contributed by atoms with E-state index >= 15 is 0 Å². The van der Waals surface area contributed by atoms with Crippen molar-refractivity contribution in [2.45, 2.75) is 130 Å². The Balaban J connectivity index is 0.764. The Labute approximate surface area is 453 Å². The maximum absolute atomic E-state index is 14.3. The summed E-state index contributed by atoms with van der Waals surface area (Å²) in [5.41, 5.74) is 10.7. The van der Waals surface area contributed by atoms with Crippen LogP contribution in [-0.2, 0) is 40.9 Å². The van der Waals surface area contributed by atoms with Gasteiger partial charge in [0.25, 0.3) is 11.8 Å². The zero-order valence-corrected chi connectivity index (χ0v) is 45.5. The summed E-state index contributed by atoms with van der Waals surface area (Å²) in [5.74, 6) is -0.946. The number of hydrogen-bond acceptors (Lipinski definition) is 11. The predicted molar refractivity (Wildman–Crippen MR) is 305 cm³/mol. The van der Waals surface area contributed by atoms with Gasteiger partial charge in [-0.3, -0.25) is 44.0 Å². The van der Waals surface area contributed by atoms with Gasteiger partial charge < -0.3 is 15.5 Å². The molecule has 2 aliphatic heterocycles. The summed E-state index contributed by atoms with van der Waals surface area (Å²) in [6, 6.07) is 23.3. The lowest BCUT2D eigenvalue weighted by Gasteiger charge is -2.31. The van der Waals surface area contributed by atoms with Gasteiger partial charge in [-0.1, -0.05) is 118 Å². The Morgan fingerprint density at radius 1 is 0.857 bits per heavy atom. The highest BCUT2D eigenvalue weighted by Gasteiger charge is 2.32. The number of amides is 5. The summed E-state index contributed by atoms with van der Waals surface area (Å²) in [7, 11) is 1.80. The van der Waals surface area contributed by atoms with E-state index in [1.165, 1.54) is 16.9 Å². The number of nitrogens with one attached hydrogen (secondary N) is 4. The number of carbonyl (C=O) groups excluding carboxylic acids is 5. The fourth-order valence-electron chi connectivity index (χ4n) is 10.6. The predicted octanol–water partition coefficient (Wildman–Crippen LogP) is 11.3. The average molecular weight is 1060 g/mol. The largest absolute Gasteiger partial charge is 0.352 e. The Bertz CT molecular complexity index is 3350. The van der Waals surface area contributed by atoms with Gasteiger partial charge in [-0.2, -0.15) is 10.2 Å². The van der Waals surface area contributed by atoms with Crippen molar-refractivity contribution in [1.82, 2.24) is 40.2 Å². The minimum Gasteiger partial charge on any atom is -0.352 e. The molecule has 5 amide bonds. The molecule has 7 aromatic rings. The van der Waals surface area contributed by atoms with Crippen LogP contribution in [0.25, 0.3) is 32.2 Å². The van der Waals surface area contributed by atoms with Gasteiger partial charge in [0.05, 0.1) is 45.8 Å². The maximum Gasteiger partial charge on any atom is 0.270 e. The number of rotatable bonds is 23. The number of pyridine rings is 1. The molecule has 77 heavy (non-hydrogen) atoms. The summed E-state index contributed by atoms with van der Waals surface area (Å²) >= 11 is 1.45. The maximum atomic E-state index is 14.3. The van der Waals surface area contributed by atoms with E-state index in [0.717, 1.165) is 125 Å². The van der Waals surface area contributed by atoms with Gasteiger partial charge in [-0.25, -0.2) is 9.97 Å². The van der Waals surface area contributed by atoms with Crippen molar-refractivity contribution in [3.8, 4) is 11.1 Å². The zero-order valence-electron chi connectivity index (χ0n) is 44.7. The topological polar surface area (TPSA) is 198 Å². The lowest BCUT2D eigenvalue weighted by Crippen LogP contribution is -2.39.